The normalized spacial score (nSPS) is 8.69. The van der Waals surface area contributed by atoms with E-state index in [0.717, 1.165) is 12.4 Å². The Bertz CT molecular complexity index is 287. The molecule has 0 bridgehead atoms. The van der Waals surface area contributed by atoms with Crippen molar-refractivity contribution in [1.82, 2.24) is 4.98 Å². The number of halogens is 1. The van der Waals surface area contributed by atoms with Crippen LogP contribution in [0.3, 0.4) is 0 Å². The van der Waals surface area contributed by atoms with E-state index in [1.807, 2.05) is 6.92 Å². The maximum absolute atomic E-state index is 7.19. The average molecular weight is 201 g/mol. The lowest BCUT2D eigenvalue weighted by atomic mass is 10.2. The number of nitrogens with two attached hydrogens (primary N) is 1. The van der Waals surface area contributed by atoms with Crippen molar-refractivity contribution in [2.75, 3.05) is 11.9 Å². The van der Waals surface area contributed by atoms with E-state index in [0.29, 0.717) is 5.56 Å². The molecular formula is C8H13ClN4. The second kappa shape index (κ2) is 5.37. The zero-order chi connectivity index (χ0) is 8.97. The minimum atomic E-state index is 0. The van der Waals surface area contributed by atoms with Crippen LogP contribution in [0.1, 0.15) is 12.5 Å². The summed E-state index contributed by atoms with van der Waals surface area (Å²) in [5.74, 6) is 0.821. The van der Waals surface area contributed by atoms with E-state index in [1.165, 1.54) is 0 Å². The monoisotopic (exact) mass is 200 g/mol. The number of anilines is 1. The van der Waals surface area contributed by atoms with Crippen molar-refractivity contribution in [3.05, 3.63) is 23.9 Å². The molecule has 0 unspecified atom stereocenters. The van der Waals surface area contributed by atoms with E-state index in [4.69, 9.17) is 11.1 Å². The van der Waals surface area contributed by atoms with E-state index in [9.17, 15) is 0 Å². The van der Waals surface area contributed by atoms with Gasteiger partial charge in [-0.1, -0.05) is 0 Å². The summed E-state index contributed by atoms with van der Waals surface area (Å²) < 4.78 is 0. The summed E-state index contributed by atoms with van der Waals surface area (Å²) in [5.41, 5.74) is 6.00. The van der Waals surface area contributed by atoms with Gasteiger partial charge in [0.1, 0.15) is 11.7 Å². The van der Waals surface area contributed by atoms with Crippen molar-refractivity contribution in [2.45, 2.75) is 6.92 Å². The molecule has 0 atom stereocenters. The summed E-state index contributed by atoms with van der Waals surface area (Å²) in [6, 6.07) is 3.47. The molecule has 0 aromatic carbocycles. The highest BCUT2D eigenvalue weighted by Crippen LogP contribution is 2.04. The van der Waals surface area contributed by atoms with Gasteiger partial charge in [-0.25, -0.2) is 4.98 Å². The smallest absolute Gasteiger partial charge is 0.126 e. The lowest BCUT2D eigenvalue weighted by Gasteiger charge is -2.03. The topological polar surface area (TPSA) is 74.8 Å². The van der Waals surface area contributed by atoms with Gasteiger partial charge in [0, 0.05) is 18.3 Å². The van der Waals surface area contributed by atoms with Gasteiger partial charge in [0.25, 0.3) is 0 Å². The fourth-order valence-electron chi connectivity index (χ4n) is 0.876. The lowest BCUT2D eigenvalue weighted by Crippen LogP contribution is -2.11. The molecule has 4 nitrogen and oxygen atoms in total. The number of nitrogens with one attached hydrogen (secondary N) is 2. The van der Waals surface area contributed by atoms with E-state index in [-0.39, 0.29) is 18.2 Å². The summed E-state index contributed by atoms with van der Waals surface area (Å²) in [4.78, 5) is 4.05. The molecule has 0 amide bonds. The second-order valence-electron chi connectivity index (χ2n) is 2.37. The Balaban J connectivity index is 0.00000144. The van der Waals surface area contributed by atoms with Crippen LogP contribution >= 0.6 is 12.4 Å². The first-order chi connectivity index (χ1) is 5.74. The third-order valence-electron chi connectivity index (χ3n) is 1.43. The number of hydrogen-bond donors (Lipinski definition) is 3. The molecule has 0 radical (unpaired) electrons. The Morgan fingerprint density at radius 2 is 2.38 bits per heavy atom. The Morgan fingerprint density at radius 3 is 2.92 bits per heavy atom. The summed E-state index contributed by atoms with van der Waals surface area (Å²) in [7, 11) is 0. The van der Waals surface area contributed by atoms with Gasteiger partial charge in [0.05, 0.1) is 0 Å². The zero-order valence-electron chi connectivity index (χ0n) is 7.37. The molecule has 4 N–H and O–H groups in total. The SMILES string of the molecule is CCNc1cc(C(=N)N)ccn1.Cl. The van der Waals surface area contributed by atoms with Crippen LogP contribution in [0.25, 0.3) is 0 Å². The van der Waals surface area contributed by atoms with Crippen LogP contribution in [0, 0.1) is 5.41 Å². The Labute approximate surface area is 83.5 Å². The molecule has 0 fully saturated rings. The van der Waals surface area contributed by atoms with Gasteiger partial charge in [0.15, 0.2) is 0 Å². The van der Waals surface area contributed by atoms with Crippen LogP contribution in [0.15, 0.2) is 18.3 Å². The van der Waals surface area contributed by atoms with Gasteiger partial charge in [-0.15, -0.1) is 12.4 Å². The maximum Gasteiger partial charge on any atom is 0.126 e. The molecule has 0 saturated carbocycles. The molecule has 0 aliphatic heterocycles. The third kappa shape index (κ3) is 3.29. The first-order valence-corrected chi connectivity index (χ1v) is 3.78. The number of nitrogen functional groups attached to an aromatic ring is 1. The minimum Gasteiger partial charge on any atom is -0.384 e. The standard InChI is InChI=1S/C8H12N4.ClH/c1-2-11-7-5-6(8(9)10)3-4-12-7;/h3-5H,2H2,1H3,(H3,9,10)(H,11,12);1H. The number of aromatic nitrogens is 1. The number of amidine groups is 1. The first-order valence-electron chi connectivity index (χ1n) is 3.78. The third-order valence-corrected chi connectivity index (χ3v) is 1.43. The van der Waals surface area contributed by atoms with Crippen molar-refractivity contribution in [3.8, 4) is 0 Å². The van der Waals surface area contributed by atoms with Crippen molar-refractivity contribution in [2.24, 2.45) is 5.73 Å². The molecule has 0 saturated heterocycles. The van der Waals surface area contributed by atoms with Crippen molar-refractivity contribution in [3.63, 3.8) is 0 Å². The van der Waals surface area contributed by atoms with Gasteiger partial charge in [-0.3, -0.25) is 5.41 Å². The fourth-order valence-corrected chi connectivity index (χ4v) is 0.876. The number of hydrogen-bond acceptors (Lipinski definition) is 3. The average Bonchev–Trinajstić information content (AvgIpc) is 2.05. The summed E-state index contributed by atoms with van der Waals surface area (Å²) in [6.45, 7) is 2.80. The van der Waals surface area contributed by atoms with Gasteiger partial charge >= 0.3 is 0 Å². The first kappa shape index (κ1) is 11.7. The van der Waals surface area contributed by atoms with Crippen LogP contribution in [-0.4, -0.2) is 17.4 Å². The van der Waals surface area contributed by atoms with Gasteiger partial charge in [-0.2, -0.15) is 0 Å². The Kier molecular flexibility index (Phi) is 4.84. The Morgan fingerprint density at radius 1 is 1.69 bits per heavy atom. The Hall–Kier alpha value is -1.29. The van der Waals surface area contributed by atoms with E-state index in [1.54, 1.807) is 18.3 Å². The van der Waals surface area contributed by atoms with Gasteiger partial charge < -0.3 is 11.1 Å². The molecular weight excluding hydrogens is 188 g/mol. The molecule has 0 spiro atoms. The van der Waals surface area contributed by atoms with E-state index >= 15 is 0 Å². The molecule has 13 heavy (non-hydrogen) atoms. The number of rotatable bonds is 3. The van der Waals surface area contributed by atoms with Crippen molar-refractivity contribution in [1.29, 1.82) is 5.41 Å². The predicted molar refractivity (Wildman–Crippen MR) is 56.7 cm³/mol. The maximum atomic E-state index is 7.19. The van der Waals surface area contributed by atoms with Crippen LogP contribution in [0.4, 0.5) is 5.82 Å². The van der Waals surface area contributed by atoms with Gasteiger partial charge in [-0.05, 0) is 19.1 Å². The molecule has 72 valence electrons. The van der Waals surface area contributed by atoms with Crippen LogP contribution < -0.4 is 11.1 Å². The highest BCUT2D eigenvalue weighted by Gasteiger charge is 1.97. The van der Waals surface area contributed by atoms with Gasteiger partial charge in [0.2, 0.25) is 0 Å². The van der Waals surface area contributed by atoms with Crippen LogP contribution in [0.2, 0.25) is 0 Å². The number of pyridine rings is 1. The predicted octanol–water partition coefficient (Wildman–Crippen LogP) is 1.22. The van der Waals surface area contributed by atoms with E-state index < -0.39 is 0 Å². The zero-order valence-corrected chi connectivity index (χ0v) is 8.19. The molecule has 5 heteroatoms. The summed E-state index contributed by atoms with van der Waals surface area (Å²) in [6.07, 6.45) is 1.63. The highest BCUT2D eigenvalue weighted by atomic mass is 35.5. The summed E-state index contributed by atoms with van der Waals surface area (Å²) in [5, 5.41) is 10.2. The quantitative estimate of drug-likeness (QED) is 0.507. The molecule has 1 aromatic rings. The fraction of sp³-hybridized carbons (Fsp3) is 0.250. The van der Waals surface area contributed by atoms with Crippen molar-refractivity contribution < 1.29 is 0 Å². The van der Waals surface area contributed by atoms with Crippen molar-refractivity contribution >= 4 is 24.1 Å². The van der Waals surface area contributed by atoms with Crippen LogP contribution in [-0.2, 0) is 0 Å². The molecule has 1 heterocycles. The largest absolute Gasteiger partial charge is 0.384 e. The highest BCUT2D eigenvalue weighted by molar-refractivity contribution is 5.95. The summed E-state index contributed by atoms with van der Waals surface area (Å²) >= 11 is 0. The lowest BCUT2D eigenvalue weighted by molar-refractivity contribution is 1.16. The number of nitrogens with zero attached hydrogens (tertiary/aromatic N) is 1. The minimum absolute atomic E-state index is 0. The van der Waals surface area contributed by atoms with E-state index in [2.05, 4.69) is 10.3 Å². The molecule has 0 aliphatic rings. The molecule has 1 rings (SSSR count). The molecule has 0 aliphatic carbocycles. The molecule has 1 aromatic heterocycles. The second-order valence-corrected chi connectivity index (χ2v) is 2.37. The van der Waals surface area contributed by atoms with Crippen LogP contribution in [0.5, 0.6) is 0 Å².